The molecule has 3 heteroatoms. The summed E-state index contributed by atoms with van der Waals surface area (Å²) in [5.74, 6) is -1.71. The minimum atomic E-state index is -0.899. The Hall–Kier alpha value is -3.56. The molecule has 4 aromatic rings. The van der Waals surface area contributed by atoms with Crippen LogP contribution in [0.25, 0.3) is 6.08 Å². The van der Waals surface area contributed by atoms with Gasteiger partial charge in [-0.05, 0) is 23.3 Å². The Balaban J connectivity index is 1.84. The average Bonchev–Trinajstić information content (AvgIpc) is 2.87. The number of ketones is 2. The van der Waals surface area contributed by atoms with E-state index in [1.165, 1.54) is 0 Å². The number of Topliss-reactive ketones (excluding diaryl/α,β-unsaturated/α-hetero) is 2. The van der Waals surface area contributed by atoms with Crippen LogP contribution in [-0.2, 0) is 0 Å². The molecule has 4 rings (SSSR count). The first kappa shape index (κ1) is 22.6. The maximum atomic E-state index is 13.9. The summed E-state index contributed by atoms with van der Waals surface area (Å²) in [6.07, 6.45) is 3.96. The van der Waals surface area contributed by atoms with E-state index in [0.717, 1.165) is 15.6 Å². The molecule has 2 unspecified atom stereocenters. The van der Waals surface area contributed by atoms with E-state index in [1.54, 1.807) is 24.3 Å². The molecule has 0 aromatic heterocycles. The Labute approximate surface area is 202 Å². The zero-order valence-electron chi connectivity index (χ0n) is 18.0. The zero-order chi connectivity index (χ0) is 23.0. The van der Waals surface area contributed by atoms with Crippen molar-refractivity contribution in [3.05, 3.63) is 148 Å². The van der Waals surface area contributed by atoms with Crippen LogP contribution in [0.1, 0.15) is 37.8 Å². The number of benzene rings is 4. The van der Waals surface area contributed by atoms with E-state index in [2.05, 4.69) is 15.9 Å². The van der Waals surface area contributed by atoms with Crippen LogP contribution < -0.4 is 0 Å². The second-order valence-corrected chi connectivity index (χ2v) is 8.70. The average molecular weight is 495 g/mol. The fraction of sp³-hybridized carbons (Fsp3) is 0.0667. The molecule has 0 aliphatic heterocycles. The molecule has 0 saturated carbocycles. The summed E-state index contributed by atoms with van der Waals surface area (Å²) >= 11 is 3.45. The maximum absolute atomic E-state index is 13.9. The van der Waals surface area contributed by atoms with Crippen LogP contribution in [0.3, 0.4) is 0 Å². The number of rotatable bonds is 8. The van der Waals surface area contributed by atoms with Gasteiger partial charge in [0, 0.05) is 21.5 Å². The molecule has 0 radical (unpaired) electrons. The molecular weight excluding hydrogens is 472 g/mol. The van der Waals surface area contributed by atoms with Gasteiger partial charge >= 0.3 is 0 Å². The van der Waals surface area contributed by atoms with E-state index in [4.69, 9.17) is 0 Å². The van der Waals surface area contributed by atoms with Gasteiger partial charge in [-0.25, -0.2) is 0 Å². The van der Waals surface area contributed by atoms with Gasteiger partial charge in [-0.3, -0.25) is 9.59 Å². The highest BCUT2D eigenvalue weighted by Gasteiger charge is 2.35. The van der Waals surface area contributed by atoms with Gasteiger partial charge in [0.15, 0.2) is 11.6 Å². The smallest absolute Gasteiger partial charge is 0.174 e. The fourth-order valence-corrected chi connectivity index (χ4v) is 4.32. The summed E-state index contributed by atoms with van der Waals surface area (Å²) < 4.78 is 0.801. The first-order valence-electron chi connectivity index (χ1n) is 10.8. The number of halogens is 1. The summed E-state index contributed by atoms with van der Waals surface area (Å²) in [7, 11) is 0. The quantitative estimate of drug-likeness (QED) is 0.186. The van der Waals surface area contributed by atoms with Crippen molar-refractivity contribution >= 4 is 33.6 Å². The van der Waals surface area contributed by atoms with Gasteiger partial charge in [0.1, 0.15) is 0 Å². The van der Waals surface area contributed by atoms with Crippen LogP contribution in [0.2, 0.25) is 0 Å². The van der Waals surface area contributed by atoms with Crippen molar-refractivity contribution in [1.29, 1.82) is 0 Å². The van der Waals surface area contributed by atoms with Gasteiger partial charge in [0.25, 0.3) is 0 Å². The van der Waals surface area contributed by atoms with Gasteiger partial charge in [0.05, 0.1) is 5.92 Å². The van der Waals surface area contributed by atoms with E-state index >= 15 is 0 Å². The van der Waals surface area contributed by atoms with Crippen molar-refractivity contribution in [3.63, 3.8) is 0 Å². The summed E-state index contributed by atoms with van der Waals surface area (Å²) in [5.41, 5.74) is 2.97. The van der Waals surface area contributed by atoms with Gasteiger partial charge in [0.2, 0.25) is 0 Å². The lowest BCUT2D eigenvalue weighted by atomic mass is 9.76. The molecule has 0 aliphatic rings. The molecule has 0 saturated heterocycles. The third kappa shape index (κ3) is 5.63. The molecule has 33 heavy (non-hydrogen) atoms. The van der Waals surface area contributed by atoms with Gasteiger partial charge in [-0.15, -0.1) is 0 Å². The van der Waals surface area contributed by atoms with Crippen molar-refractivity contribution < 1.29 is 9.59 Å². The maximum Gasteiger partial charge on any atom is 0.174 e. The topological polar surface area (TPSA) is 34.1 Å². The molecule has 4 aromatic carbocycles. The Morgan fingerprint density at radius 2 is 1.18 bits per heavy atom. The monoisotopic (exact) mass is 494 g/mol. The molecule has 0 aliphatic carbocycles. The molecule has 0 bridgehead atoms. The number of allylic oxidation sites excluding steroid dienone is 1. The summed E-state index contributed by atoms with van der Waals surface area (Å²) in [6.45, 7) is 0. The van der Waals surface area contributed by atoms with Gasteiger partial charge in [-0.2, -0.15) is 0 Å². The fourth-order valence-electron chi connectivity index (χ4n) is 3.92. The van der Waals surface area contributed by atoms with E-state index in [9.17, 15) is 9.59 Å². The standard InChI is InChI=1S/C30H23BrO2/c31-26-18-10-17-25(21-26)30(33)28(29(32)24-15-8-3-9-16-24)27(23-13-6-2-7-14-23)20-19-22-11-4-1-5-12-22/h1-21,27-28H/b20-19+. The molecule has 0 amide bonds. The second kappa shape index (κ2) is 10.8. The molecule has 2 nitrogen and oxygen atoms in total. The highest BCUT2D eigenvalue weighted by atomic mass is 79.9. The molecule has 162 valence electrons. The van der Waals surface area contributed by atoms with E-state index in [1.807, 2.05) is 103 Å². The Morgan fingerprint density at radius 1 is 0.636 bits per heavy atom. The predicted molar refractivity (Wildman–Crippen MR) is 137 cm³/mol. The lowest BCUT2D eigenvalue weighted by Crippen LogP contribution is -2.30. The molecule has 0 heterocycles. The normalized spacial score (nSPS) is 12.9. The second-order valence-electron chi connectivity index (χ2n) is 7.79. The lowest BCUT2D eigenvalue weighted by molar-refractivity contribution is 0.0795. The SMILES string of the molecule is O=C(c1ccccc1)C(C(=O)c1cccc(Br)c1)C(/C=C/c1ccccc1)c1ccccc1. The lowest BCUT2D eigenvalue weighted by Gasteiger charge is -2.24. The van der Waals surface area contributed by atoms with Gasteiger partial charge in [-0.1, -0.05) is 131 Å². The van der Waals surface area contributed by atoms with E-state index in [-0.39, 0.29) is 11.6 Å². The minimum absolute atomic E-state index is 0.188. The highest BCUT2D eigenvalue weighted by molar-refractivity contribution is 9.10. The van der Waals surface area contributed by atoms with E-state index in [0.29, 0.717) is 11.1 Å². The predicted octanol–water partition coefficient (Wildman–Crippen LogP) is 7.63. The van der Waals surface area contributed by atoms with Gasteiger partial charge < -0.3 is 0 Å². The van der Waals surface area contributed by atoms with Crippen LogP contribution in [0.15, 0.2) is 126 Å². The van der Waals surface area contributed by atoms with E-state index < -0.39 is 11.8 Å². The molecule has 0 fully saturated rings. The Kier molecular flexibility index (Phi) is 7.43. The molecular formula is C30H23BrO2. The van der Waals surface area contributed by atoms with Crippen molar-refractivity contribution in [2.24, 2.45) is 5.92 Å². The first-order valence-corrected chi connectivity index (χ1v) is 11.6. The van der Waals surface area contributed by atoms with Crippen LogP contribution in [0.5, 0.6) is 0 Å². The zero-order valence-corrected chi connectivity index (χ0v) is 19.6. The molecule has 2 atom stereocenters. The molecule has 0 spiro atoms. The number of carbonyl (C=O) groups excluding carboxylic acids is 2. The largest absolute Gasteiger partial charge is 0.293 e. The summed E-state index contributed by atoms with van der Waals surface area (Å²) in [6, 6.07) is 35.9. The van der Waals surface area contributed by atoms with Crippen molar-refractivity contribution in [3.8, 4) is 0 Å². The number of hydrogen-bond acceptors (Lipinski definition) is 2. The van der Waals surface area contributed by atoms with Crippen molar-refractivity contribution in [1.82, 2.24) is 0 Å². The third-order valence-electron chi connectivity index (χ3n) is 5.57. The van der Waals surface area contributed by atoms with Crippen molar-refractivity contribution in [2.45, 2.75) is 5.92 Å². The third-order valence-corrected chi connectivity index (χ3v) is 6.06. The van der Waals surface area contributed by atoms with Crippen LogP contribution >= 0.6 is 15.9 Å². The van der Waals surface area contributed by atoms with Crippen molar-refractivity contribution in [2.75, 3.05) is 0 Å². The first-order chi connectivity index (χ1) is 16.1. The summed E-state index contributed by atoms with van der Waals surface area (Å²) in [4.78, 5) is 27.7. The van der Waals surface area contributed by atoms with Crippen LogP contribution in [-0.4, -0.2) is 11.6 Å². The number of carbonyl (C=O) groups is 2. The number of hydrogen-bond donors (Lipinski definition) is 0. The highest BCUT2D eigenvalue weighted by Crippen LogP contribution is 2.33. The van der Waals surface area contributed by atoms with Crippen LogP contribution in [0, 0.1) is 5.92 Å². The Morgan fingerprint density at radius 3 is 1.82 bits per heavy atom. The minimum Gasteiger partial charge on any atom is -0.293 e. The van der Waals surface area contributed by atoms with Crippen LogP contribution in [0.4, 0.5) is 0 Å². The molecule has 0 N–H and O–H groups in total. The summed E-state index contributed by atoms with van der Waals surface area (Å²) in [5, 5.41) is 0. The Bertz CT molecular complexity index is 1250.